The van der Waals surface area contributed by atoms with Crippen LogP contribution in [0.2, 0.25) is 0 Å². The van der Waals surface area contributed by atoms with E-state index in [1.54, 1.807) is 7.11 Å². The Morgan fingerprint density at radius 2 is 1.79 bits per heavy atom. The monoisotopic (exact) mass is 265 g/mol. The van der Waals surface area contributed by atoms with Crippen LogP contribution in [0.15, 0.2) is 24.3 Å². The highest BCUT2D eigenvalue weighted by Gasteiger charge is 2.18. The van der Waals surface area contributed by atoms with Crippen LogP contribution in [0, 0.1) is 5.92 Å². The molecule has 0 saturated heterocycles. The lowest BCUT2D eigenvalue weighted by molar-refractivity contribution is 0.139. The van der Waals surface area contributed by atoms with Gasteiger partial charge in [-0.1, -0.05) is 19.9 Å². The summed E-state index contributed by atoms with van der Waals surface area (Å²) in [6, 6.07) is 7.76. The highest BCUT2D eigenvalue weighted by atomic mass is 16.5. The summed E-state index contributed by atoms with van der Waals surface area (Å²) >= 11 is 0. The van der Waals surface area contributed by atoms with Crippen LogP contribution in [0.1, 0.15) is 34.6 Å². The van der Waals surface area contributed by atoms with E-state index in [0.717, 1.165) is 18.0 Å². The van der Waals surface area contributed by atoms with Gasteiger partial charge in [0, 0.05) is 18.2 Å². The third-order valence-electron chi connectivity index (χ3n) is 2.91. The summed E-state index contributed by atoms with van der Waals surface area (Å²) in [6.07, 6.45) is 0.145. The second kappa shape index (κ2) is 6.80. The summed E-state index contributed by atoms with van der Waals surface area (Å²) in [7, 11) is 1.67. The predicted octanol–water partition coefficient (Wildman–Crippen LogP) is 3.49. The van der Waals surface area contributed by atoms with Crippen molar-refractivity contribution in [2.45, 2.75) is 46.3 Å². The summed E-state index contributed by atoms with van der Waals surface area (Å²) in [5.74, 6) is 2.12. The average Bonchev–Trinajstić information content (AvgIpc) is 2.33. The molecule has 0 fully saturated rings. The highest BCUT2D eigenvalue weighted by Crippen LogP contribution is 2.21. The lowest BCUT2D eigenvalue weighted by Crippen LogP contribution is -2.44. The summed E-state index contributed by atoms with van der Waals surface area (Å²) in [6.45, 7) is 11.7. The van der Waals surface area contributed by atoms with Gasteiger partial charge in [0.1, 0.15) is 17.6 Å². The molecule has 0 radical (unpaired) electrons. The molecule has 0 aliphatic carbocycles. The van der Waals surface area contributed by atoms with Gasteiger partial charge >= 0.3 is 0 Å². The van der Waals surface area contributed by atoms with Crippen molar-refractivity contribution in [1.29, 1.82) is 0 Å². The Bertz CT molecular complexity index is 383. The van der Waals surface area contributed by atoms with Gasteiger partial charge in [0.25, 0.3) is 0 Å². The first-order valence-corrected chi connectivity index (χ1v) is 6.87. The summed E-state index contributed by atoms with van der Waals surface area (Å²) in [5.41, 5.74) is 0.102. The van der Waals surface area contributed by atoms with Gasteiger partial charge in [0.15, 0.2) is 0 Å². The number of hydrogen-bond donors (Lipinski definition) is 1. The third kappa shape index (κ3) is 5.97. The summed E-state index contributed by atoms with van der Waals surface area (Å²) < 4.78 is 11.3. The van der Waals surface area contributed by atoms with E-state index in [1.807, 2.05) is 24.3 Å². The maximum atomic E-state index is 6.07. The molecule has 1 rings (SSSR count). The maximum Gasteiger partial charge on any atom is 0.123 e. The first-order valence-electron chi connectivity index (χ1n) is 6.87. The molecule has 0 aliphatic heterocycles. The number of hydrogen-bond acceptors (Lipinski definition) is 3. The van der Waals surface area contributed by atoms with E-state index in [9.17, 15) is 0 Å². The lowest BCUT2D eigenvalue weighted by atomic mass is 10.0. The fraction of sp³-hybridized carbons (Fsp3) is 0.625. The van der Waals surface area contributed by atoms with Crippen LogP contribution >= 0.6 is 0 Å². The SMILES string of the molecule is COc1cccc(OC(CNC(C)(C)C)C(C)C)c1. The van der Waals surface area contributed by atoms with Crippen LogP contribution in [-0.2, 0) is 0 Å². The Hall–Kier alpha value is -1.22. The first kappa shape index (κ1) is 15.8. The first-order chi connectivity index (χ1) is 8.81. The van der Waals surface area contributed by atoms with Crippen LogP contribution in [0.5, 0.6) is 11.5 Å². The minimum Gasteiger partial charge on any atom is -0.497 e. The maximum absolute atomic E-state index is 6.07. The third-order valence-corrected chi connectivity index (χ3v) is 2.91. The lowest BCUT2D eigenvalue weighted by Gasteiger charge is -2.28. The highest BCUT2D eigenvalue weighted by molar-refractivity contribution is 5.33. The van der Waals surface area contributed by atoms with E-state index in [2.05, 4.69) is 39.9 Å². The van der Waals surface area contributed by atoms with Crippen molar-refractivity contribution < 1.29 is 9.47 Å². The number of benzene rings is 1. The standard InChI is InChI=1S/C16H27NO2/c1-12(2)15(11-17-16(3,4)5)19-14-9-7-8-13(10-14)18-6/h7-10,12,15,17H,11H2,1-6H3. The summed E-state index contributed by atoms with van der Waals surface area (Å²) in [4.78, 5) is 0. The van der Waals surface area contributed by atoms with E-state index in [-0.39, 0.29) is 11.6 Å². The van der Waals surface area contributed by atoms with Crippen molar-refractivity contribution in [2.75, 3.05) is 13.7 Å². The van der Waals surface area contributed by atoms with E-state index in [1.165, 1.54) is 0 Å². The van der Waals surface area contributed by atoms with Crippen molar-refractivity contribution >= 4 is 0 Å². The van der Waals surface area contributed by atoms with Gasteiger partial charge in [-0.15, -0.1) is 0 Å². The largest absolute Gasteiger partial charge is 0.497 e. The normalized spacial score (nSPS) is 13.4. The van der Waals surface area contributed by atoms with E-state index in [0.29, 0.717) is 5.92 Å². The molecule has 19 heavy (non-hydrogen) atoms. The molecular formula is C16H27NO2. The fourth-order valence-electron chi connectivity index (χ4n) is 1.67. The number of nitrogens with one attached hydrogen (secondary N) is 1. The van der Waals surface area contributed by atoms with Gasteiger partial charge in [-0.05, 0) is 38.8 Å². The zero-order valence-electron chi connectivity index (χ0n) is 13.0. The minimum absolute atomic E-state index is 0.102. The molecule has 0 bridgehead atoms. The Balaban J connectivity index is 2.67. The quantitative estimate of drug-likeness (QED) is 0.854. The van der Waals surface area contributed by atoms with Gasteiger partial charge in [0.05, 0.1) is 7.11 Å². The molecule has 0 aliphatic rings. The Morgan fingerprint density at radius 3 is 2.32 bits per heavy atom. The molecule has 3 nitrogen and oxygen atoms in total. The van der Waals surface area contributed by atoms with E-state index < -0.39 is 0 Å². The van der Waals surface area contributed by atoms with Crippen LogP contribution in [0.3, 0.4) is 0 Å². The molecule has 1 N–H and O–H groups in total. The average molecular weight is 265 g/mol. The Kier molecular flexibility index (Phi) is 5.67. The molecule has 0 aromatic heterocycles. The van der Waals surface area contributed by atoms with E-state index >= 15 is 0 Å². The molecular weight excluding hydrogens is 238 g/mol. The van der Waals surface area contributed by atoms with Gasteiger partial charge in [-0.25, -0.2) is 0 Å². The molecule has 1 aromatic carbocycles. The number of rotatable bonds is 6. The van der Waals surface area contributed by atoms with Crippen molar-refractivity contribution in [1.82, 2.24) is 5.32 Å². The molecule has 1 atom stereocenters. The molecule has 1 unspecified atom stereocenters. The smallest absolute Gasteiger partial charge is 0.123 e. The zero-order chi connectivity index (χ0) is 14.5. The molecule has 0 heterocycles. The molecule has 0 spiro atoms. The molecule has 0 saturated carbocycles. The van der Waals surface area contributed by atoms with Crippen molar-refractivity contribution in [3.63, 3.8) is 0 Å². The second-order valence-corrected chi connectivity index (χ2v) is 6.21. The minimum atomic E-state index is 0.102. The van der Waals surface area contributed by atoms with Crippen molar-refractivity contribution in [2.24, 2.45) is 5.92 Å². The van der Waals surface area contributed by atoms with Crippen molar-refractivity contribution in [3.05, 3.63) is 24.3 Å². The van der Waals surface area contributed by atoms with Gasteiger partial charge in [-0.3, -0.25) is 0 Å². The molecule has 1 aromatic rings. The topological polar surface area (TPSA) is 30.5 Å². The van der Waals surface area contributed by atoms with Gasteiger partial charge in [0.2, 0.25) is 0 Å². The zero-order valence-corrected chi connectivity index (χ0v) is 13.0. The summed E-state index contributed by atoms with van der Waals surface area (Å²) in [5, 5.41) is 3.50. The van der Waals surface area contributed by atoms with E-state index in [4.69, 9.17) is 9.47 Å². The van der Waals surface area contributed by atoms with Crippen LogP contribution in [0.4, 0.5) is 0 Å². The van der Waals surface area contributed by atoms with Gasteiger partial charge in [-0.2, -0.15) is 0 Å². The molecule has 0 amide bonds. The number of ether oxygens (including phenoxy) is 2. The fourth-order valence-corrected chi connectivity index (χ4v) is 1.67. The van der Waals surface area contributed by atoms with Crippen LogP contribution in [0.25, 0.3) is 0 Å². The number of methoxy groups -OCH3 is 1. The molecule has 3 heteroatoms. The molecule has 108 valence electrons. The Morgan fingerprint density at radius 1 is 1.16 bits per heavy atom. The van der Waals surface area contributed by atoms with Crippen LogP contribution in [-0.4, -0.2) is 25.3 Å². The van der Waals surface area contributed by atoms with Gasteiger partial charge < -0.3 is 14.8 Å². The van der Waals surface area contributed by atoms with Crippen molar-refractivity contribution in [3.8, 4) is 11.5 Å². The Labute approximate surface area is 117 Å². The van der Waals surface area contributed by atoms with Crippen LogP contribution < -0.4 is 14.8 Å². The second-order valence-electron chi connectivity index (χ2n) is 6.21. The predicted molar refractivity (Wildman–Crippen MR) is 80.0 cm³/mol.